The van der Waals surface area contributed by atoms with E-state index in [4.69, 9.17) is 14.2 Å². The van der Waals surface area contributed by atoms with Crippen LogP contribution in [0.3, 0.4) is 0 Å². The molecule has 0 unspecified atom stereocenters. The zero-order valence-electron chi connectivity index (χ0n) is 12.7. The molecular weight excluding hydrogens is 286 g/mol. The van der Waals surface area contributed by atoms with E-state index in [1.54, 1.807) is 6.92 Å². The molecule has 22 heavy (non-hydrogen) atoms. The van der Waals surface area contributed by atoms with E-state index in [0.717, 1.165) is 5.56 Å². The largest absolute Gasteiger partial charge is 0.466 e. The number of ether oxygens (including phenoxy) is 3. The molecule has 2 rings (SSSR count). The van der Waals surface area contributed by atoms with Crippen LogP contribution in [-0.2, 0) is 25.6 Å². The van der Waals surface area contributed by atoms with Crippen molar-refractivity contribution < 1.29 is 23.8 Å². The number of alkyl carbamates (subject to hydrolysis) is 1. The van der Waals surface area contributed by atoms with Gasteiger partial charge in [0.25, 0.3) is 0 Å². The van der Waals surface area contributed by atoms with Crippen molar-refractivity contribution in [3.05, 3.63) is 35.9 Å². The molecule has 0 bridgehead atoms. The number of carbonyl (C=O) groups excluding carboxylic acids is 2. The summed E-state index contributed by atoms with van der Waals surface area (Å²) in [6.07, 6.45) is -0.265. The summed E-state index contributed by atoms with van der Waals surface area (Å²) in [7, 11) is 0. The summed E-state index contributed by atoms with van der Waals surface area (Å²) in [5.74, 6) is -0.273. The lowest BCUT2D eigenvalue weighted by Gasteiger charge is -2.40. The van der Waals surface area contributed by atoms with Gasteiger partial charge in [0.2, 0.25) is 0 Å². The number of carbonyl (C=O) groups is 2. The third-order valence-electron chi connectivity index (χ3n) is 3.46. The number of hydrogen-bond donors (Lipinski definition) is 1. The fourth-order valence-corrected chi connectivity index (χ4v) is 2.21. The second kappa shape index (κ2) is 7.79. The van der Waals surface area contributed by atoms with E-state index in [2.05, 4.69) is 5.32 Å². The van der Waals surface area contributed by atoms with E-state index in [1.165, 1.54) is 0 Å². The summed E-state index contributed by atoms with van der Waals surface area (Å²) in [5, 5.41) is 2.69. The Morgan fingerprint density at radius 3 is 2.55 bits per heavy atom. The average Bonchev–Trinajstić information content (AvgIpc) is 2.49. The van der Waals surface area contributed by atoms with Crippen LogP contribution in [0.5, 0.6) is 0 Å². The zero-order valence-corrected chi connectivity index (χ0v) is 12.7. The lowest BCUT2D eigenvalue weighted by atomic mass is 9.82. The van der Waals surface area contributed by atoms with Crippen LogP contribution in [0.25, 0.3) is 0 Å². The number of hydrogen-bond acceptors (Lipinski definition) is 5. The number of amides is 1. The van der Waals surface area contributed by atoms with Crippen molar-refractivity contribution in [3.63, 3.8) is 0 Å². The summed E-state index contributed by atoms with van der Waals surface area (Å²) in [6.45, 7) is 3.53. The molecule has 0 aliphatic carbocycles. The number of rotatable bonds is 7. The molecule has 6 nitrogen and oxygen atoms in total. The van der Waals surface area contributed by atoms with Gasteiger partial charge in [-0.1, -0.05) is 30.3 Å². The van der Waals surface area contributed by atoms with E-state index in [9.17, 15) is 9.59 Å². The lowest BCUT2D eigenvalue weighted by molar-refractivity contribution is -0.160. The maximum atomic E-state index is 11.7. The average molecular weight is 307 g/mol. The molecule has 1 aliphatic rings. The van der Waals surface area contributed by atoms with Gasteiger partial charge in [0.15, 0.2) is 0 Å². The Morgan fingerprint density at radius 2 is 1.95 bits per heavy atom. The highest BCUT2D eigenvalue weighted by Gasteiger charge is 2.41. The first-order chi connectivity index (χ1) is 10.6. The molecule has 1 saturated heterocycles. The van der Waals surface area contributed by atoms with Gasteiger partial charge in [-0.05, 0) is 12.5 Å². The molecular formula is C16H21NO5. The van der Waals surface area contributed by atoms with Crippen LogP contribution in [0.1, 0.15) is 18.9 Å². The Kier molecular flexibility index (Phi) is 5.77. The summed E-state index contributed by atoms with van der Waals surface area (Å²) in [6, 6.07) is 9.44. The van der Waals surface area contributed by atoms with Crippen LogP contribution in [-0.4, -0.2) is 38.4 Å². The normalized spacial score (nSPS) is 15.5. The maximum absolute atomic E-state index is 11.7. The molecule has 1 aliphatic heterocycles. The first-order valence-corrected chi connectivity index (χ1v) is 7.31. The van der Waals surface area contributed by atoms with E-state index in [-0.39, 0.29) is 24.4 Å². The number of esters is 1. The third-order valence-corrected chi connectivity index (χ3v) is 3.46. The van der Waals surface area contributed by atoms with Gasteiger partial charge >= 0.3 is 12.1 Å². The summed E-state index contributed by atoms with van der Waals surface area (Å²) in [4.78, 5) is 23.3. The SMILES string of the molecule is CCOC(=O)CC1(CNC(=O)OCc2ccccc2)COC1. The van der Waals surface area contributed by atoms with Crippen LogP contribution >= 0.6 is 0 Å². The van der Waals surface area contributed by atoms with Crippen LogP contribution in [0, 0.1) is 5.41 Å². The van der Waals surface area contributed by atoms with E-state index in [0.29, 0.717) is 26.4 Å². The second-order valence-corrected chi connectivity index (χ2v) is 5.39. The molecule has 0 spiro atoms. The Labute approximate surface area is 129 Å². The standard InChI is InChI=1S/C16H21NO5/c1-2-21-14(18)8-16(11-20-12-16)10-17-15(19)22-9-13-6-4-3-5-7-13/h3-7H,2,8-12H2,1H3,(H,17,19). The smallest absolute Gasteiger partial charge is 0.407 e. The molecule has 0 saturated carbocycles. The highest BCUT2D eigenvalue weighted by Crippen LogP contribution is 2.31. The summed E-state index contributed by atoms with van der Waals surface area (Å²) >= 11 is 0. The van der Waals surface area contributed by atoms with Gasteiger partial charge < -0.3 is 19.5 Å². The first-order valence-electron chi connectivity index (χ1n) is 7.31. The van der Waals surface area contributed by atoms with E-state index in [1.807, 2.05) is 30.3 Å². The quantitative estimate of drug-likeness (QED) is 0.779. The van der Waals surface area contributed by atoms with Gasteiger partial charge in [-0.3, -0.25) is 4.79 Å². The summed E-state index contributed by atoms with van der Waals surface area (Å²) < 4.78 is 15.3. The number of nitrogens with one attached hydrogen (secondary N) is 1. The van der Waals surface area contributed by atoms with Gasteiger partial charge in [0.05, 0.1) is 26.2 Å². The van der Waals surface area contributed by atoms with Crippen molar-refractivity contribution in [1.29, 1.82) is 0 Å². The minimum atomic E-state index is -0.501. The second-order valence-electron chi connectivity index (χ2n) is 5.39. The zero-order chi connectivity index (χ0) is 15.8. The topological polar surface area (TPSA) is 73.9 Å². The molecule has 1 amide bonds. The van der Waals surface area contributed by atoms with Gasteiger partial charge in [0, 0.05) is 12.0 Å². The Bertz CT molecular complexity index is 499. The first kappa shape index (κ1) is 16.3. The van der Waals surface area contributed by atoms with Crippen molar-refractivity contribution >= 4 is 12.1 Å². The Hall–Kier alpha value is -2.08. The highest BCUT2D eigenvalue weighted by atomic mass is 16.5. The van der Waals surface area contributed by atoms with Crippen LogP contribution < -0.4 is 5.32 Å². The minimum absolute atomic E-state index is 0.216. The summed E-state index contributed by atoms with van der Waals surface area (Å²) in [5.41, 5.74) is 0.545. The molecule has 0 aromatic heterocycles. The van der Waals surface area contributed by atoms with Crippen molar-refractivity contribution in [1.82, 2.24) is 5.32 Å². The van der Waals surface area contributed by atoms with Gasteiger partial charge in [0.1, 0.15) is 6.61 Å². The molecule has 6 heteroatoms. The molecule has 1 N–H and O–H groups in total. The molecule has 1 heterocycles. The van der Waals surface area contributed by atoms with Gasteiger partial charge in [-0.2, -0.15) is 0 Å². The molecule has 1 aromatic carbocycles. The monoisotopic (exact) mass is 307 g/mol. The third kappa shape index (κ3) is 4.73. The highest BCUT2D eigenvalue weighted by molar-refractivity contribution is 5.71. The molecule has 0 radical (unpaired) electrons. The fourth-order valence-electron chi connectivity index (χ4n) is 2.21. The van der Waals surface area contributed by atoms with Crippen LogP contribution in [0.2, 0.25) is 0 Å². The minimum Gasteiger partial charge on any atom is -0.466 e. The van der Waals surface area contributed by atoms with Gasteiger partial charge in [-0.15, -0.1) is 0 Å². The van der Waals surface area contributed by atoms with Crippen molar-refractivity contribution in [2.45, 2.75) is 20.0 Å². The van der Waals surface area contributed by atoms with Crippen LogP contribution in [0.4, 0.5) is 4.79 Å². The molecule has 120 valence electrons. The van der Waals surface area contributed by atoms with Gasteiger partial charge in [-0.25, -0.2) is 4.79 Å². The fraction of sp³-hybridized carbons (Fsp3) is 0.500. The molecule has 1 fully saturated rings. The maximum Gasteiger partial charge on any atom is 0.407 e. The van der Waals surface area contributed by atoms with Crippen LogP contribution in [0.15, 0.2) is 30.3 Å². The molecule has 0 atom stereocenters. The van der Waals surface area contributed by atoms with Crippen molar-refractivity contribution in [3.8, 4) is 0 Å². The Morgan fingerprint density at radius 1 is 1.23 bits per heavy atom. The predicted octanol–water partition coefficient (Wildman–Crippen LogP) is 1.88. The molecule has 1 aromatic rings. The van der Waals surface area contributed by atoms with E-state index >= 15 is 0 Å². The number of benzene rings is 1. The van der Waals surface area contributed by atoms with Crippen molar-refractivity contribution in [2.75, 3.05) is 26.4 Å². The Balaban J connectivity index is 1.73. The predicted molar refractivity (Wildman–Crippen MR) is 79.1 cm³/mol. The van der Waals surface area contributed by atoms with E-state index < -0.39 is 6.09 Å². The lowest BCUT2D eigenvalue weighted by Crippen LogP contribution is -2.52. The van der Waals surface area contributed by atoms with Crippen molar-refractivity contribution in [2.24, 2.45) is 5.41 Å².